The summed E-state index contributed by atoms with van der Waals surface area (Å²) in [5.74, 6) is 0.373. The number of nitrogens with zero attached hydrogens (tertiary/aromatic N) is 2. The van der Waals surface area contributed by atoms with Crippen molar-refractivity contribution in [3.8, 4) is 0 Å². The van der Waals surface area contributed by atoms with Crippen LogP contribution in [-0.4, -0.2) is 47.9 Å². The first-order valence-corrected chi connectivity index (χ1v) is 8.06. The number of piperazine rings is 1. The largest absolute Gasteiger partial charge is 0.340 e. The summed E-state index contributed by atoms with van der Waals surface area (Å²) >= 11 is 0. The molecule has 0 spiro atoms. The lowest BCUT2D eigenvalue weighted by atomic mass is 9.96. The Morgan fingerprint density at radius 1 is 1.10 bits per heavy atom. The quantitative estimate of drug-likeness (QED) is 0.850. The molecule has 3 heteroatoms. The molecule has 1 atom stereocenters. The SMILES string of the molecule is Cc1ccccc1CC(C)C(=O)N1CCN(C(C)C)CC1. The van der Waals surface area contributed by atoms with E-state index in [1.54, 1.807) is 0 Å². The molecule has 1 saturated heterocycles. The van der Waals surface area contributed by atoms with Crippen molar-refractivity contribution < 1.29 is 4.79 Å². The third-order valence-electron chi connectivity index (χ3n) is 4.57. The average Bonchev–Trinajstić information content (AvgIpc) is 2.49. The fourth-order valence-corrected chi connectivity index (χ4v) is 3.03. The third-order valence-corrected chi connectivity index (χ3v) is 4.57. The molecule has 2 rings (SSSR count). The molecular formula is C18H28N2O. The lowest BCUT2D eigenvalue weighted by molar-refractivity contribution is -0.137. The van der Waals surface area contributed by atoms with Crippen molar-refractivity contribution in [3.05, 3.63) is 35.4 Å². The average molecular weight is 288 g/mol. The number of hydrogen-bond donors (Lipinski definition) is 0. The summed E-state index contributed by atoms with van der Waals surface area (Å²) in [5.41, 5.74) is 2.57. The molecule has 1 fully saturated rings. The first-order chi connectivity index (χ1) is 9.99. The second-order valence-corrected chi connectivity index (χ2v) is 6.49. The number of amides is 1. The molecule has 0 saturated carbocycles. The highest BCUT2D eigenvalue weighted by Gasteiger charge is 2.25. The minimum Gasteiger partial charge on any atom is -0.340 e. The van der Waals surface area contributed by atoms with E-state index < -0.39 is 0 Å². The number of carbonyl (C=O) groups excluding carboxylic acids is 1. The van der Waals surface area contributed by atoms with Crippen LogP contribution in [0.4, 0.5) is 0 Å². The molecule has 0 aliphatic carbocycles. The van der Waals surface area contributed by atoms with Crippen LogP contribution in [0.3, 0.4) is 0 Å². The first kappa shape index (κ1) is 16.0. The maximum Gasteiger partial charge on any atom is 0.225 e. The van der Waals surface area contributed by atoms with Gasteiger partial charge in [-0.15, -0.1) is 0 Å². The molecule has 21 heavy (non-hydrogen) atoms. The summed E-state index contributed by atoms with van der Waals surface area (Å²) < 4.78 is 0. The molecule has 1 amide bonds. The van der Waals surface area contributed by atoms with E-state index in [-0.39, 0.29) is 5.92 Å². The van der Waals surface area contributed by atoms with Crippen LogP contribution >= 0.6 is 0 Å². The number of aryl methyl sites for hydroxylation is 1. The van der Waals surface area contributed by atoms with E-state index in [0.29, 0.717) is 11.9 Å². The van der Waals surface area contributed by atoms with Gasteiger partial charge in [-0.2, -0.15) is 0 Å². The van der Waals surface area contributed by atoms with E-state index in [9.17, 15) is 4.79 Å². The molecule has 116 valence electrons. The van der Waals surface area contributed by atoms with Crippen LogP contribution in [0.15, 0.2) is 24.3 Å². The first-order valence-electron chi connectivity index (χ1n) is 8.06. The Balaban J connectivity index is 1.90. The minimum absolute atomic E-state index is 0.0664. The molecule has 3 nitrogen and oxygen atoms in total. The van der Waals surface area contributed by atoms with Crippen molar-refractivity contribution in [1.29, 1.82) is 0 Å². The van der Waals surface area contributed by atoms with Gasteiger partial charge in [-0.3, -0.25) is 9.69 Å². The maximum absolute atomic E-state index is 12.6. The van der Waals surface area contributed by atoms with Crippen LogP contribution in [0.5, 0.6) is 0 Å². The topological polar surface area (TPSA) is 23.6 Å². The Kier molecular flexibility index (Phi) is 5.40. The van der Waals surface area contributed by atoms with Crippen molar-refractivity contribution >= 4 is 5.91 Å². The lowest BCUT2D eigenvalue weighted by Crippen LogP contribution is -2.52. The molecule has 0 bridgehead atoms. The predicted molar refractivity (Wildman–Crippen MR) is 87.3 cm³/mol. The normalized spacial score (nSPS) is 18.0. The van der Waals surface area contributed by atoms with Gasteiger partial charge in [0.05, 0.1) is 0 Å². The summed E-state index contributed by atoms with van der Waals surface area (Å²) in [5, 5.41) is 0. The monoisotopic (exact) mass is 288 g/mol. The zero-order valence-electron chi connectivity index (χ0n) is 13.8. The highest BCUT2D eigenvalue weighted by molar-refractivity contribution is 5.79. The summed E-state index contributed by atoms with van der Waals surface area (Å²) in [6.45, 7) is 12.4. The second kappa shape index (κ2) is 7.08. The van der Waals surface area contributed by atoms with E-state index in [0.717, 1.165) is 32.6 Å². The van der Waals surface area contributed by atoms with Gasteiger partial charge < -0.3 is 4.90 Å². The number of hydrogen-bond acceptors (Lipinski definition) is 2. The molecule has 1 aromatic carbocycles. The molecule has 0 N–H and O–H groups in total. The van der Waals surface area contributed by atoms with Gasteiger partial charge in [-0.1, -0.05) is 31.2 Å². The van der Waals surface area contributed by atoms with Crippen LogP contribution in [-0.2, 0) is 11.2 Å². The Morgan fingerprint density at radius 3 is 2.29 bits per heavy atom. The number of rotatable bonds is 4. The smallest absolute Gasteiger partial charge is 0.225 e. The number of benzene rings is 1. The molecule has 1 unspecified atom stereocenters. The molecule has 0 aromatic heterocycles. The van der Waals surface area contributed by atoms with E-state index in [4.69, 9.17) is 0 Å². The Hall–Kier alpha value is -1.35. The molecule has 1 aromatic rings. The highest BCUT2D eigenvalue weighted by atomic mass is 16.2. The molecule has 0 radical (unpaired) electrons. The van der Waals surface area contributed by atoms with Gasteiger partial charge in [0.1, 0.15) is 0 Å². The zero-order valence-corrected chi connectivity index (χ0v) is 13.8. The fraction of sp³-hybridized carbons (Fsp3) is 0.611. The van der Waals surface area contributed by atoms with Crippen molar-refractivity contribution in [3.63, 3.8) is 0 Å². The summed E-state index contributed by atoms with van der Waals surface area (Å²) in [6, 6.07) is 8.94. The highest BCUT2D eigenvalue weighted by Crippen LogP contribution is 2.16. The second-order valence-electron chi connectivity index (χ2n) is 6.49. The van der Waals surface area contributed by atoms with E-state index in [1.807, 2.05) is 4.90 Å². The van der Waals surface area contributed by atoms with Crippen LogP contribution in [0.2, 0.25) is 0 Å². The third kappa shape index (κ3) is 4.07. The van der Waals surface area contributed by atoms with Gasteiger partial charge in [0.2, 0.25) is 5.91 Å². The van der Waals surface area contributed by atoms with E-state index in [2.05, 4.69) is 56.9 Å². The van der Waals surface area contributed by atoms with Gasteiger partial charge in [0, 0.05) is 38.1 Å². The Morgan fingerprint density at radius 2 is 1.71 bits per heavy atom. The molecule has 1 aliphatic rings. The van der Waals surface area contributed by atoms with Crippen molar-refractivity contribution in [2.45, 2.75) is 40.2 Å². The summed E-state index contributed by atoms with van der Waals surface area (Å²) in [7, 11) is 0. The van der Waals surface area contributed by atoms with Crippen LogP contribution in [0, 0.1) is 12.8 Å². The van der Waals surface area contributed by atoms with Crippen molar-refractivity contribution in [1.82, 2.24) is 9.80 Å². The van der Waals surface area contributed by atoms with Gasteiger partial charge in [-0.25, -0.2) is 0 Å². The predicted octanol–water partition coefficient (Wildman–Crippen LogP) is 2.73. The molecule has 1 aliphatic heterocycles. The minimum atomic E-state index is 0.0664. The van der Waals surface area contributed by atoms with Crippen LogP contribution in [0.25, 0.3) is 0 Å². The number of carbonyl (C=O) groups is 1. The Labute approximate surface area is 128 Å². The van der Waals surface area contributed by atoms with Crippen LogP contribution in [0.1, 0.15) is 31.9 Å². The standard InChI is InChI=1S/C18H28N2O/c1-14(2)19-9-11-20(12-10-19)18(21)16(4)13-17-8-6-5-7-15(17)3/h5-8,14,16H,9-13H2,1-4H3. The zero-order chi connectivity index (χ0) is 15.4. The molecular weight excluding hydrogens is 260 g/mol. The van der Waals surface area contributed by atoms with Gasteiger partial charge >= 0.3 is 0 Å². The lowest BCUT2D eigenvalue weighted by Gasteiger charge is -2.38. The Bertz CT molecular complexity index is 476. The molecule has 1 heterocycles. The van der Waals surface area contributed by atoms with Gasteiger partial charge in [0.25, 0.3) is 0 Å². The maximum atomic E-state index is 12.6. The van der Waals surface area contributed by atoms with Crippen molar-refractivity contribution in [2.75, 3.05) is 26.2 Å². The van der Waals surface area contributed by atoms with E-state index >= 15 is 0 Å². The van der Waals surface area contributed by atoms with Gasteiger partial charge in [-0.05, 0) is 38.3 Å². The van der Waals surface area contributed by atoms with E-state index in [1.165, 1.54) is 11.1 Å². The van der Waals surface area contributed by atoms with Crippen LogP contribution < -0.4 is 0 Å². The van der Waals surface area contributed by atoms with Crippen molar-refractivity contribution in [2.24, 2.45) is 5.92 Å². The fourth-order valence-electron chi connectivity index (χ4n) is 3.03. The summed E-state index contributed by atoms with van der Waals surface area (Å²) in [4.78, 5) is 17.1. The van der Waals surface area contributed by atoms with Gasteiger partial charge in [0.15, 0.2) is 0 Å². The summed E-state index contributed by atoms with van der Waals surface area (Å²) in [6.07, 6.45) is 0.843.